The van der Waals surface area contributed by atoms with Crippen LogP contribution in [-0.2, 0) is 17.8 Å². The number of hydrogen-bond donors (Lipinski definition) is 1. The third-order valence-corrected chi connectivity index (χ3v) is 2.26. The number of benzene rings is 1. The number of nitrogens with two attached hydrogens (primary N) is 1. The van der Waals surface area contributed by atoms with Gasteiger partial charge in [-0.1, -0.05) is 24.3 Å². The van der Waals surface area contributed by atoms with E-state index in [0.29, 0.717) is 19.7 Å². The zero-order chi connectivity index (χ0) is 12.0. The van der Waals surface area contributed by atoms with E-state index in [0.717, 1.165) is 11.1 Å². The Balaban J connectivity index is 2.55. The molecule has 16 heavy (non-hydrogen) atoms. The topological polar surface area (TPSA) is 55.6 Å². The minimum absolute atomic E-state index is 0.301. The molecule has 1 aromatic rings. The molecule has 0 aliphatic heterocycles. The van der Waals surface area contributed by atoms with E-state index in [4.69, 9.17) is 10.5 Å². The van der Waals surface area contributed by atoms with E-state index in [2.05, 4.69) is 0 Å². The van der Waals surface area contributed by atoms with E-state index in [1.54, 1.807) is 18.9 Å². The predicted molar refractivity (Wildman–Crippen MR) is 62.8 cm³/mol. The highest BCUT2D eigenvalue weighted by Crippen LogP contribution is 2.07. The summed E-state index contributed by atoms with van der Waals surface area (Å²) >= 11 is 0. The highest BCUT2D eigenvalue weighted by molar-refractivity contribution is 5.67. The SMILES string of the molecule is CCOC(=O)N(C)Cc1ccc(CN)cc1. The molecule has 0 saturated carbocycles. The van der Waals surface area contributed by atoms with Crippen LogP contribution >= 0.6 is 0 Å². The molecule has 0 aliphatic carbocycles. The van der Waals surface area contributed by atoms with Gasteiger partial charge in [0.1, 0.15) is 0 Å². The zero-order valence-electron chi connectivity index (χ0n) is 9.77. The Morgan fingerprint density at radius 1 is 1.31 bits per heavy atom. The van der Waals surface area contributed by atoms with Gasteiger partial charge in [0.25, 0.3) is 0 Å². The summed E-state index contributed by atoms with van der Waals surface area (Å²) in [6.45, 7) is 3.27. The summed E-state index contributed by atoms with van der Waals surface area (Å²) in [6, 6.07) is 7.87. The van der Waals surface area contributed by atoms with Crippen LogP contribution in [0, 0.1) is 0 Å². The summed E-state index contributed by atoms with van der Waals surface area (Å²) < 4.78 is 4.89. The van der Waals surface area contributed by atoms with Crippen molar-refractivity contribution >= 4 is 6.09 Å². The molecular formula is C12H18N2O2. The first-order chi connectivity index (χ1) is 7.67. The van der Waals surface area contributed by atoms with Gasteiger partial charge in [-0.2, -0.15) is 0 Å². The third kappa shape index (κ3) is 3.55. The quantitative estimate of drug-likeness (QED) is 0.844. The lowest BCUT2D eigenvalue weighted by Gasteiger charge is -2.16. The van der Waals surface area contributed by atoms with Crippen molar-refractivity contribution in [2.75, 3.05) is 13.7 Å². The van der Waals surface area contributed by atoms with Crippen molar-refractivity contribution in [1.82, 2.24) is 4.90 Å². The smallest absolute Gasteiger partial charge is 0.409 e. The molecule has 0 saturated heterocycles. The summed E-state index contributed by atoms with van der Waals surface area (Å²) in [5.74, 6) is 0. The summed E-state index contributed by atoms with van der Waals surface area (Å²) in [7, 11) is 1.72. The van der Waals surface area contributed by atoms with E-state index in [1.807, 2.05) is 24.3 Å². The van der Waals surface area contributed by atoms with Crippen LogP contribution in [0.1, 0.15) is 18.1 Å². The normalized spacial score (nSPS) is 9.94. The fourth-order valence-corrected chi connectivity index (χ4v) is 1.35. The van der Waals surface area contributed by atoms with Crippen molar-refractivity contribution < 1.29 is 9.53 Å². The van der Waals surface area contributed by atoms with Gasteiger partial charge in [-0.25, -0.2) is 4.79 Å². The summed E-state index contributed by atoms with van der Waals surface area (Å²) in [6.07, 6.45) is -0.301. The minimum Gasteiger partial charge on any atom is -0.450 e. The fraction of sp³-hybridized carbons (Fsp3) is 0.417. The average Bonchev–Trinajstić information content (AvgIpc) is 2.30. The van der Waals surface area contributed by atoms with Crippen LogP contribution in [-0.4, -0.2) is 24.6 Å². The zero-order valence-corrected chi connectivity index (χ0v) is 9.77. The molecule has 0 atom stereocenters. The van der Waals surface area contributed by atoms with Gasteiger partial charge < -0.3 is 15.4 Å². The van der Waals surface area contributed by atoms with Crippen molar-refractivity contribution in [2.24, 2.45) is 5.73 Å². The molecule has 1 amide bonds. The maximum atomic E-state index is 11.4. The Hall–Kier alpha value is -1.55. The maximum absolute atomic E-state index is 11.4. The van der Waals surface area contributed by atoms with Crippen LogP contribution < -0.4 is 5.73 Å². The number of carbonyl (C=O) groups excluding carboxylic acids is 1. The molecule has 0 radical (unpaired) electrons. The van der Waals surface area contributed by atoms with Crippen molar-refractivity contribution in [3.63, 3.8) is 0 Å². The highest BCUT2D eigenvalue weighted by atomic mass is 16.5. The minimum atomic E-state index is -0.301. The molecule has 0 aliphatic rings. The third-order valence-electron chi connectivity index (χ3n) is 2.26. The molecule has 0 aromatic heterocycles. The van der Waals surface area contributed by atoms with Gasteiger partial charge in [-0.3, -0.25) is 0 Å². The van der Waals surface area contributed by atoms with E-state index < -0.39 is 0 Å². The van der Waals surface area contributed by atoms with Crippen LogP contribution in [0.25, 0.3) is 0 Å². The number of amides is 1. The fourth-order valence-electron chi connectivity index (χ4n) is 1.35. The predicted octanol–water partition coefficient (Wildman–Crippen LogP) is 1.73. The molecule has 0 unspecified atom stereocenters. The highest BCUT2D eigenvalue weighted by Gasteiger charge is 2.08. The van der Waals surface area contributed by atoms with Gasteiger partial charge in [0.05, 0.1) is 6.61 Å². The molecule has 2 N–H and O–H groups in total. The lowest BCUT2D eigenvalue weighted by molar-refractivity contribution is 0.114. The lowest BCUT2D eigenvalue weighted by atomic mass is 10.1. The molecule has 0 spiro atoms. The second kappa shape index (κ2) is 6.12. The van der Waals surface area contributed by atoms with Gasteiger partial charge in [-0.05, 0) is 18.1 Å². The molecule has 1 aromatic carbocycles. The second-order valence-corrected chi connectivity index (χ2v) is 3.58. The number of ether oxygens (including phenoxy) is 1. The number of hydrogen-bond acceptors (Lipinski definition) is 3. The van der Waals surface area contributed by atoms with E-state index in [-0.39, 0.29) is 6.09 Å². The maximum Gasteiger partial charge on any atom is 0.409 e. The molecule has 0 heterocycles. The van der Waals surface area contributed by atoms with Crippen molar-refractivity contribution in [1.29, 1.82) is 0 Å². The first-order valence-corrected chi connectivity index (χ1v) is 5.33. The van der Waals surface area contributed by atoms with E-state index >= 15 is 0 Å². The first-order valence-electron chi connectivity index (χ1n) is 5.33. The monoisotopic (exact) mass is 222 g/mol. The average molecular weight is 222 g/mol. The summed E-state index contributed by atoms with van der Waals surface area (Å²) in [5.41, 5.74) is 7.65. The summed E-state index contributed by atoms with van der Waals surface area (Å²) in [5, 5.41) is 0. The number of carbonyl (C=O) groups is 1. The van der Waals surface area contributed by atoms with Crippen LogP contribution in [0.4, 0.5) is 4.79 Å². The Bertz CT molecular complexity index is 335. The standard InChI is InChI=1S/C12H18N2O2/c1-3-16-12(15)14(2)9-11-6-4-10(8-13)5-7-11/h4-7H,3,8-9,13H2,1-2H3. The molecule has 88 valence electrons. The Morgan fingerprint density at radius 2 is 1.88 bits per heavy atom. The molecule has 4 heteroatoms. The number of rotatable bonds is 4. The van der Waals surface area contributed by atoms with Gasteiger partial charge in [-0.15, -0.1) is 0 Å². The largest absolute Gasteiger partial charge is 0.450 e. The van der Waals surface area contributed by atoms with Crippen molar-refractivity contribution in [3.8, 4) is 0 Å². The van der Waals surface area contributed by atoms with Gasteiger partial charge in [0.2, 0.25) is 0 Å². The van der Waals surface area contributed by atoms with Crippen LogP contribution in [0.15, 0.2) is 24.3 Å². The second-order valence-electron chi connectivity index (χ2n) is 3.58. The first kappa shape index (κ1) is 12.5. The van der Waals surface area contributed by atoms with E-state index in [1.165, 1.54) is 0 Å². The Labute approximate surface area is 96.0 Å². The van der Waals surface area contributed by atoms with Gasteiger partial charge in [0.15, 0.2) is 0 Å². The molecule has 1 rings (SSSR count). The van der Waals surface area contributed by atoms with Crippen molar-refractivity contribution in [3.05, 3.63) is 35.4 Å². The van der Waals surface area contributed by atoms with Crippen LogP contribution in [0.2, 0.25) is 0 Å². The molecule has 0 fully saturated rings. The van der Waals surface area contributed by atoms with Crippen molar-refractivity contribution in [2.45, 2.75) is 20.0 Å². The lowest BCUT2D eigenvalue weighted by Crippen LogP contribution is -2.26. The van der Waals surface area contributed by atoms with Gasteiger partial charge >= 0.3 is 6.09 Å². The molecule has 0 bridgehead atoms. The van der Waals surface area contributed by atoms with Crippen LogP contribution in [0.3, 0.4) is 0 Å². The van der Waals surface area contributed by atoms with Crippen LogP contribution in [0.5, 0.6) is 0 Å². The van der Waals surface area contributed by atoms with Gasteiger partial charge in [0, 0.05) is 20.1 Å². The Kier molecular flexibility index (Phi) is 4.79. The Morgan fingerprint density at radius 3 is 2.38 bits per heavy atom. The molecular weight excluding hydrogens is 204 g/mol. The summed E-state index contributed by atoms with van der Waals surface area (Å²) in [4.78, 5) is 12.9. The molecule has 4 nitrogen and oxygen atoms in total. The number of nitrogens with zero attached hydrogens (tertiary/aromatic N) is 1. The van der Waals surface area contributed by atoms with E-state index in [9.17, 15) is 4.79 Å².